The van der Waals surface area contributed by atoms with Gasteiger partial charge in [0.1, 0.15) is 11.3 Å². The summed E-state index contributed by atoms with van der Waals surface area (Å²) in [7, 11) is 1.82. The van der Waals surface area contributed by atoms with Crippen LogP contribution < -0.4 is 5.32 Å². The van der Waals surface area contributed by atoms with Crippen molar-refractivity contribution < 1.29 is 0 Å². The average Bonchev–Trinajstić information content (AvgIpc) is 2.80. The maximum Gasteiger partial charge on any atom is 0.174 e. The lowest BCUT2D eigenvalue weighted by molar-refractivity contribution is 1.01. The van der Waals surface area contributed by atoms with Crippen LogP contribution in [0.25, 0.3) is 0 Å². The summed E-state index contributed by atoms with van der Waals surface area (Å²) in [5.74, 6) is 1.55. The number of hydrogen-bond acceptors (Lipinski definition) is 7. The van der Waals surface area contributed by atoms with Gasteiger partial charge in [-0.1, -0.05) is 23.1 Å². The van der Waals surface area contributed by atoms with E-state index in [1.807, 2.05) is 7.05 Å². The van der Waals surface area contributed by atoms with E-state index in [0.29, 0.717) is 0 Å². The van der Waals surface area contributed by atoms with Crippen LogP contribution in [0.2, 0.25) is 0 Å². The first-order chi connectivity index (χ1) is 7.38. The predicted molar refractivity (Wildman–Crippen MR) is 61.0 cm³/mol. The number of nitrogens with one attached hydrogen (secondary N) is 1. The van der Waals surface area contributed by atoms with Gasteiger partial charge in [-0.25, -0.2) is 4.98 Å². The van der Waals surface area contributed by atoms with Crippen molar-refractivity contribution in [1.82, 2.24) is 20.2 Å². The summed E-state index contributed by atoms with van der Waals surface area (Å²) < 4.78 is 0.953. The van der Waals surface area contributed by atoms with E-state index in [2.05, 4.69) is 25.5 Å². The van der Waals surface area contributed by atoms with E-state index in [1.165, 1.54) is 11.3 Å². The Morgan fingerprint density at radius 2 is 2.33 bits per heavy atom. The number of thioether (sulfide) groups is 1. The van der Waals surface area contributed by atoms with Crippen molar-refractivity contribution in [2.75, 3.05) is 12.4 Å². The molecule has 78 valence electrons. The molecule has 0 saturated heterocycles. The summed E-state index contributed by atoms with van der Waals surface area (Å²) in [5, 5.41) is 10.6. The molecule has 0 aromatic carbocycles. The minimum Gasteiger partial charge on any atom is -0.372 e. The third kappa shape index (κ3) is 2.87. The lowest BCUT2D eigenvalue weighted by atomic mass is 10.5. The first kappa shape index (κ1) is 10.3. The highest BCUT2D eigenvalue weighted by molar-refractivity contribution is 8.00. The molecule has 0 bridgehead atoms. The first-order valence-electron chi connectivity index (χ1n) is 4.26. The van der Waals surface area contributed by atoms with Gasteiger partial charge in [-0.05, 0) is 0 Å². The van der Waals surface area contributed by atoms with Crippen molar-refractivity contribution in [3.8, 4) is 0 Å². The molecule has 2 heterocycles. The first-order valence-corrected chi connectivity index (χ1v) is 6.12. The lowest BCUT2D eigenvalue weighted by Crippen LogP contribution is -1.95. The molecule has 0 aliphatic heterocycles. The van der Waals surface area contributed by atoms with Crippen LogP contribution in [0.5, 0.6) is 0 Å². The Hall–Kier alpha value is -1.21. The number of aromatic nitrogens is 4. The second-order valence-electron chi connectivity index (χ2n) is 2.64. The van der Waals surface area contributed by atoms with Crippen LogP contribution >= 0.6 is 23.1 Å². The minimum absolute atomic E-state index is 0.770. The van der Waals surface area contributed by atoms with Crippen molar-refractivity contribution in [2.45, 2.75) is 10.1 Å². The highest BCUT2D eigenvalue weighted by Gasteiger charge is 2.00. The van der Waals surface area contributed by atoms with Gasteiger partial charge in [-0.3, -0.25) is 4.98 Å². The zero-order valence-electron chi connectivity index (χ0n) is 8.04. The second-order valence-corrected chi connectivity index (χ2v) is 4.69. The van der Waals surface area contributed by atoms with Crippen molar-refractivity contribution in [2.24, 2.45) is 0 Å². The minimum atomic E-state index is 0.770. The molecule has 0 spiro atoms. The molecule has 15 heavy (non-hydrogen) atoms. The van der Waals surface area contributed by atoms with Crippen molar-refractivity contribution in [1.29, 1.82) is 0 Å². The Balaban J connectivity index is 1.93. The smallest absolute Gasteiger partial charge is 0.174 e. The molecule has 0 unspecified atom stereocenters. The maximum absolute atomic E-state index is 4.26. The van der Waals surface area contributed by atoms with E-state index in [9.17, 15) is 0 Å². The average molecular weight is 239 g/mol. The van der Waals surface area contributed by atoms with E-state index in [0.717, 1.165) is 21.6 Å². The Labute approximate surface area is 95.4 Å². The quantitative estimate of drug-likeness (QED) is 0.819. The molecule has 0 atom stereocenters. The molecule has 5 nitrogen and oxygen atoms in total. The second kappa shape index (κ2) is 5.04. The van der Waals surface area contributed by atoms with Crippen molar-refractivity contribution in [3.63, 3.8) is 0 Å². The van der Waals surface area contributed by atoms with Crippen LogP contribution in [0.3, 0.4) is 0 Å². The number of anilines is 1. The van der Waals surface area contributed by atoms with Crippen molar-refractivity contribution in [3.05, 3.63) is 23.6 Å². The zero-order chi connectivity index (χ0) is 10.5. The van der Waals surface area contributed by atoms with Gasteiger partial charge in [0.2, 0.25) is 0 Å². The maximum atomic E-state index is 4.26. The van der Waals surface area contributed by atoms with Crippen LogP contribution in [0.15, 0.2) is 22.2 Å². The lowest BCUT2D eigenvalue weighted by Gasteiger charge is -1.99. The van der Waals surface area contributed by atoms with Crippen LogP contribution in [0, 0.1) is 0 Å². The fraction of sp³-hybridized carbons (Fsp3) is 0.250. The van der Waals surface area contributed by atoms with E-state index in [-0.39, 0.29) is 0 Å². The van der Waals surface area contributed by atoms with E-state index >= 15 is 0 Å². The van der Waals surface area contributed by atoms with E-state index < -0.39 is 0 Å². The summed E-state index contributed by atoms with van der Waals surface area (Å²) in [6.45, 7) is 0. The summed E-state index contributed by atoms with van der Waals surface area (Å²) in [5.41, 5.74) is 2.66. The molecule has 0 fully saturated rings. The van der Waals surface area contributed by atoms with Crippen LogP contribution in [0.4, 0.5) is 5.82 Å². The summed E-state index contributed by atoms with van der Waals surface area (Å²) in [6.07, 6.45) is 3.48. The van der Waals surface area contributed by atoms with E-state index in [1.54, 1.807) is 29.7 Å². The van der Waals surface area contributed by atoms with Crippen LogP contribution in [-0.4, -0.2) is 27.2 Å². The van der Waals surface area contributed by atoms with Gasteiger partial charge < -0.3 is 5.32 Å². The number of hydrogen-bond donors (Lipinski definition) is 1. The van der Waals surface area contributed by atoms with Gasteiger partial charge in [0, 0.05) is 12.8 Å². The van der Waals surface area contributed by atoms with Gasteiger partial charge in [0.05, 0.1) is 18.1 Å². The highest BCUT2D eigenvalue weighted by atomic mass is 32.2. The Kier molecular flexibility index (Phi) is 3.46. The molecule has 0 aliphatic rings. The predicted octanol–water partition coefficient (Wildman–Crippen LogP) is 1.66. The van der Waals surface area contributed by atoms with Gasteiger partial charge in [-0.2, -0.15) is 0 Å². The molecule has 2 aromatic heterocycles. The molecular formula is C8H9N5S2. The van der Waals surface area contributed by atoms with Gasteiger partial charge in [0.25, 0.3) is 0 Å². The molecule has 2 rings (SSSR count). The van der Waals surface area contributed by atoms with Gasteiger partial charge in [-0.15, -0.1) is 10.2 Å². The van der Waals surface area contributed by atoms with Gasteiger partial charge in [0.15, 0.2) is 4.34 Å². The van der Waals surface area contributed by atoms with Crippen LogP contribution in [0.1, 0.15) is 5.69 Å². The normalized spacial score (nSPS) is 10.2. The molecule has 2 aromatic rings. The summed E-state index contributed by atoms with van der Waals surface area (Å²) >= 11 is 3.15. The Bertz CT molecular complexity index is 399. The standard InChI is InChI=1S/C8H9N5S2/c1-9-7-3-10-6(2-11-7)4-14-8-13-12-5-15-8/h2-3,5H,4H2,1H3,(H,9,11). The molecule has 0 amide bonds. The van der Waals surface area contributed by atoms with E-state index in [4.69, 9.17) is 0 Å². The molecule has 1 N–H and O–H groups in total. The molecule has 0 aliphatic carbocycles. The van der Waals surface area contributed by atoms with Gasteiger partial charge >= 0.3 is 0 Å². The monoisotopic (exact) mass is 239 g/mol. The topological polar surface area (TPSA) is 63.6 Å². The zero-order valence-corrected chi connectivity index (χ0v) is 9.68. The fourth-order valence-corrected chi connectivity index (χ4v) is 2.30. The molecule has 0 saturated carbocycles. The number of nitrogens with zero attached hydrogens (tertiary/aromatic N) is 4. The summed E-state index contributed by atoms with van der Waals surface area (Å²) in [4.78, 5) is 8.44. The van der Waals surface area contributed by atoms with Crippen molar-refractivity contribution >= 4 is 28.9 Å². The largest absolute Gasteiger partial charge is 0.372 e. The summed E-state index contributed by atoms with van der Waals surface area (Å²) in [6, 6.07) is 0. The fourth-order valence-electron chi connectivity index (χ4n) is 0.920. The molecule has 7 heteroatoms. The van der Waals surface area contributed by atoms with Crippen LogP contribution in [-0.2, 0) is 5.75 Å². The Morgan fingerprint density at radius 3 is 2.93 bits per heavy atom. The number of rotatable bonds is 4. The molecular weight excluding hydrogens is 230 g/mol. The third-order valence-corrected chi connectivity index (χ3v) is 3.54. The molecule has 0 radical (unpaired) electrons. The SMILES string of the molecule is CNc1cnc(CSc2nncs2)cn1. The Morgan fingerprint density at radius 1 is 1.40 bits per heavy atom. The highest BCUT2D eigenvalue weighted by Crippen LogP contribution is 2.22. The third-order valence-electron chi connectivity index (χ3n) is 1.65.